The highest BCUT2D eigenvalue weighted by Crippen LogP contribution is 1.89. The minimum atomic E-state index is -0.0556. The van der Waals surface area contributed by atoms with Gasteiger partial charge in [-0.05, 0) is 0 Å². The van der Waals surface area contributed by atoms with Crippen LogP contribution in [0.4, 0.5) is 0 Å². The second-order valence-electron chi connectivity index (χ2n) is 1.42. The number of hydrogen-bond acceptors (Lipinski definition) is 3. The van der Waals surface area contributed by atoms with Crippen molar-refractivity contribution in [1.82, 2.24) is 5.43 Å². The first-order chi connectivity index (χ1) is 3.43. The van der Waals surface area contributed by atoms with E-state index in [1.54, 1.807) is 6.21 Å². The van der Waals surface area contributed by atoms with Crippen molar-refractivity contribution in [1.29, 1.82) is 0 Å². The van der Waals surface area contributed by atoms with Crippen LogP contribution in [0.3, 0.4) is 0 Å². The molecule has 0 aromatic carbocycles. The van der Waals surface area contributed by atoms with Gasteiger partial charge in [0.15, 0.2) is 0 Å². The maximum atomic E-state index is 9.86. The van der Waals surface area contributed by atoms with Crippen LogP contribution in [-0.2, 0) is 4.79 Å². The number of rotatable bonds is 1. The molecular weight excluding hydrogens is 92.1 g/mol. The van der Waals surface area contributed by atoms with Gasteiger partial charge in [-0.3, -0.25) is 5.43 Å². The van der Waals surface area contributed by atoms with Crippen molar-refractivity contribution in [3.05, 3.63) is 0 Å². The van der Waals surface area contributed by atoms with E-state index in [1.165, 1.54) is 0 Å². The zero-order chi connectivity index (χ0) is 5.11. The van der Waals surface area contributed by atoms with Gasteiger partial charge in [-0.1, -0.05) is 0 Å². The number of nitrogens with zero attached hydrogens (tertiary/aromatic N) is 1. The quantitative estimate of drug-likeness (QED) is 0.450. The second kappa shape index (κ2) is 1.73. The van der Waals surface area contributed by atoms with E-state index in [9.17, 15) is 4.79 Å². The van der Waals surface area contributed by atoms with Crippen LogP contribution >= 0.6 is 0 Å². The third-order valence-corrected chi connectivity index (χ3v) is 0.855. The first-order valence-electron chi connectivity index (χ1n) is 2.16. The molecule has 0 aliphatic carbocycles. The van der Waals surface area contributed by atoms with E-state index in [4.69, 9.17) is 0 Å². The van der Waals surface area contributed by atoms with Crippen LogP contribution in [0.2, 0.25) is 0 Å². The predicted molar refractivity (Wildman–Crippen MR) is 26.1 cm³/mol. The van der Waals surface area contributed by atoms with E-state index in [1.807, 2.05) is 0 Å². The smallest absolute Gasteiger partial charge is 0.144 e. The Morgan fingerprint density at radius 1 is 2.00 bits per heavy atom. The van der Waals surface area contributed by atoms with Crippen LogP contribution in [-0.4, -0.2) is 18.5 Å². The Morgan fingerprint density at radius 2 is 2.86 bits per heavy atom. The fourth-order valence-electron chi connectivity index (χ4n) is 0.453. The predicted octanol–water partition coefficient (Wildman–Crippen LogP) is -0.467. The average molecular weight is 98.1 g/mol. The number of aldehydes is 1. The zero-order valence-corrected chi connectivity index (χ0v) is 3.79. The molecule has 38 valence electrons. The van der Waals surface area contributed by atoms with Gasteiger partial charge in [-0.2, -0.15) is 5.10 Å². The minimum Gasteiger partial charge on any atom is -0.301 e. The average Bonchev–Trinajstić information content (AvgIpc) is 2.14. The highest BCUT2D eigenvalue weighted by molar-refractivity contribution is 5.70. The van der Waals surface area contributed by atoms with E-state index in [0.717, 1.165) is 12.7 Å². The van der Waals surface area contributed by atoms with Crippen LogP contribution in [0.25, 0.3) is 0 Å². The summed E-state index contributed by atoms with van der Waals surface area (Å²) >= 11 is 0. The molecule has 0 aromatic heterocycles. The van der Waals surface area contributed by atoms with Crippen LogP contribution < -0.4 is 5.43 Å². The Labute approximate surface area is 41.4 Å². The Balaban J connectivity index is 2.35. The molecule has 0 spiro atoms. The van der Waals surface area contributed by atoms with E-state index in [0.29, 0.717) is 0 Å². The Bertz CT molecular complexity index is 91.9. The van der Waals surface area contributed by atoms with Gasteiger partial charge in [-0.15, -0.1) is 0 Å². The minimum absolute atomic E-state index is 0.0556. The molecule has 1 aliphatic rings. The molecule has 3 heteroatoms. The number of hydrazone groups is 1. The molecule has 0 radical (unpaired) electrons. The first-order valence-corrected chi connectivity index (χ1v) is 2.16. The molecule has 1 aliphatic heterocycles. The second-order valence-corrected chi connectivity index (χ2v) is 1.42. The molecule has 7 heavy (non-hydrogen) atoms. The lowest BCUT2D eigenvalue weighted by Gasteiger charge is -1.93. The molecule has 1 unspecified atom stereocenters. The van der Waals surface area contributed by atoms with Gasteiger partial charge in [0.2, 0.25) is 0 Å². The van der Waals surface area contributed by atoms with Crippen molar-refractivity contribution in [2.75, 3.05) is 0 Å². The maximum Gasteiger partial charge on any atom is 0.144 e. The number of carbonyl (C=O) groups excluding carboxylic acids is 1. The van der Waals surface area contributed by atoms with Crippen molar-refractivity contribution in [3.8, 4) is 0 Å². The third-order valence-electron chi connectivity index (χ3n) is 0.855. The van der Waals surface area contributed by atoms with Crippen molar-refractivity contribution in [3.63, 3.8) is 0 Å². The summed E-state index contributed by atoms with van der Waals surface area (Å²) in [5.74, 6) is 0. The SMILES string of the molecule is O=CC1CC=NN1. The van der Waals surface area contributed by atoms with Crippen molar-refractivity contribution in [2.24, 2.45) is 5.10 Å². The molecule has 1 rings (SSSR count). The third kappa shape index (κ3) is 0.765. The normalized spacial score (nSPS) is 27.1. The molecule has 0 saturated carbocycles. The molecule has 0 amide bonds. The molecule has 1 heterocycles. The molecule has 0 fully saturated rings. The van der Waals surface area contributed by atoms with Crippen molar-refractivity contribution in [2.45, 2.75) is 12.5 Å². The fraction of sp³-hybridized carbons (Fsp3) is 0.500. The lowest BCUT2D eigenvalue weighted by Crippen LogP contribution is -2.19. The largest absolute Gasteiger partial charge is 0.301 e. The van der Waals surface area contributed by atoms with Crippen LogP contribution in [0.5, 0.6) is 0 Å². The van der Waals surface area contributed by atoms with Crippen molar-refractivity contribution < 1.29 is 4.79 Å². The van der Waals surface area contributed by atoms with E-state index >= 15 is 0 Å². The molecule has 1 N–H and O–H groups in total. The molecule has 0 aromatic rings. The molecular formula is C4H6N2O. The summed E-state index contributed by atoms with van der Waals surface area (Å²) in [7, 11) is 0. The summed E-state index contributed by atoms with van der Waals surface area (Å²) in [6.07, 6.45) is 3.29. The van der Waals surface area contributed by atoms with Crippen LogP contribution in [0.1, 0.15) is 6.42 Å². The highest BCUT2D eigenvalue weighted by Gasteiger charge is 2.05. The zero-order valence-electron chi connectivity index (χ0n) is 3.79. The van der Waals surface area contributed by atoms with Gasteiger partial charge >= 0.3 is 0 Å². The lowest BCUT2D eigenvalue weighted by molar-refractivity contribution is -0.109. The topological polar surface area (TPSA) is 41.5 Å². The standard InChI is InChI=1S/C4H6N2O/c7-3-4-1-2-5-6-4/h2-4,6H,1H2. The van der Waals surface area contributed by atoms with E-state index < -0.39 is 0 Å². The number of hydrogen-bond donors (Lipinski definition) is 1. The summed E-state index contributed by atoms with van der Waals surface area (Å²) in [4.78, 5) is 9.86. The summed E-state index contributed by atoms with van der Waals surface area (Å²) in [6.45, 7) is 0. The number of carbonyl (C=O) groups is 1. The van der Waals surface area contributed by atoms with Gasteiger partial charge in [-0.25, -0.2) is 0 Å². The molecule has 3 nitrogen and oxygen atoms in total. The molecule has 1 atom stereocenters. The Morgan fingerprint density at radius 3 is 3.14 bits per heavy atom. The molecule has 0 bridgehead atoms. The number of nitrogens with one attached hydrogen (secondary N) is 1. The monoisotopic (exact) mass is 98.0 g/mol. The van der Waals surface area contributed by atoms with Crippen molar-refractivity contribution >= 4 is 12.5 Å². The van der Waals surface area contributed by atoms with Gasteiger partial charge in [0.1, 0.15) is 12.3 Å². The Kier molecular flexibility index (Phi) is 1.06. The maximum absolute atomic E-state index is 9.86. The van der Waals surface area contributed by atoms with E-state index in [-0.39, 0.29) is 6.04 Å². The van der Waals surface area contributed by atoms with Gasteiger partial charge in [0.25, 0.3) is 0 Å². The van der Waals surface area contributed by atoms with Crippen LogP contribution in [0.15, 0.2) is 5.10 Å². The summed E-state index contributed by atoms with van der Waals surface area (Å²) in [5.41, 5.74) is 2.61. The van der Waals surface area contributed by atoms with Gasteiger partial charge in [0, 0.05) is 12.6 Å². The summed E-state index contributed by atoms with van der Waals surface area (Å²) in [6, 6.07) is -0.0556. The summed E-state index contributed by atoms with van der Waals surface area (Å²) in [5, 5.41) is 3.63. The summed E-state index contributed by atoms with van der Waals surface area (Å²) < 4.78 is 0. The molecule has 0 saturated heterocycles. The van der Waals surface area contributed by atoms with Gasteiger partial charge < -0.3 is 4.79 Å². The van der Waals surface area contributed by atoms with E-state index in [2.05, 4.69) is 10.5 Å². The fourth-order valence-corrected chi connectivity index (χ4v) is 0.453. The van der Waals surface area contributed by atoms with Crippen LogP contribution in [0, 0.1) is 0 Å². The van der Waals surface area contributed by atoms with Gasteiger partial charge in [0.05, 0.1) is 0 Å². The highest BCUT2D eigenvalue weighted by atomic mass is 16.1. The Hall–Kier alpha value is -0.860. The lowest BCUT2D eigenvalue weighted by atomic mass is 10.3. The first kappa shape index (κ1) is 4.30.